The summed E-state index contributed by atoms with van der Waals surface area (Å²) < 4.78 is 0. The normalized spacial score (nSPS) is 12.7. The van der Waals surface area contributed by atoms with E-state index in [0.717, 1.165) is 29.8 Å². The van der Waals surface area contributed by atoms with Gasteiger partial charge in [0, 0.05) is 49.3 Å². The second kappa shape index (κ2) is 8.97. The highest BCUT2D eigenvalue weighted by Gasteiger charge is 2.30. The maximum atomic E-state index is 12.8. The Balaban J connectivity index is 1.50. The van der Waals surface area contributed by atoms with Gasteiger partial charge in [-0.2, -0.15) is 0 Å². The van der Waals surface area contributed by atoms with Gasteiger partial charge in [0.15, 0.2) is 0 Å². The van der Waals surface area contributed by atoms with Crippen molar-refractivity contribution in [2.45, 2.75) is 18.9 Å². The van der Waals surface area contributed by atoms with E-state index in [9.17, 15) is 4.79 Å². The Morgan fingerprint density at radius 1 is 1.09 bits per heavy atom. The minimum Gasteiger partial charge on any atom is -0.363 e. The molecule has 1 fully saturated rings. The number of hydrogen-bond acceptors (Lipinski definition) is 6. The first kappa shape index (κ1) is 21.2. The summed E-state index contributed by atoms with van der Waals surface area (Å²) in [6, 6.07) is 14.8. The fourth-order valence-electron chi connectivity index (χ4n) is 3.35. The summed E-state index contributed by atoms with van der Waals surface area (Å²) in [5, 5.41) is 18.9. The molecule has 3 aromatic rings. The molecule has 32 heavy (non-hydrogen) atoms. The second-order valence-corrected chi connectivity index (χ2v) is 7.88. The van der Waals surface area contributed by atoms with E-state index < -0.39 is 0 Å². The van der Waals surface area contributed by atoms with Gasteiger partial charge in [0.05, 0.1) is 6.34 Å². The molecule has 4 rings (SSSR count). The Kier molecular flexibility index (Phi) is 5.93. The fraction of sp³-hybridized carbons (Fsp3) is 0.208. The van der Waals surface area contributed by atoms with Crippen molar-refractivity contribution in [3.63, 3.8) is 0 Å². The van der Waals surface area contributed by atoms with Gasteiger partial charge in [-0.05, 0) is 54.8 Å². The third-order valence-electron chi connectivity index (χ3n) is 5.26. The van der Waals surface area contributed by atoms with Crippen LogP contribution in [0.4, 0.5) is 11.5 Å². The fourth-order valence-corrected chi connectivity index (χ4v) is 3.35. The van der Waals surface area contributed by atoms with E-state index in [1.54, 1.807) is 47.6 Å². The van der Waals surface area contributed by atoms with Gasteiger partial charge in [-0.1, -0.05) is 12.1 Å². The number of amides is 1. The maximum Gasteiger partial charge on any atom is 0.274 e. The van der Waals surface area contributed by atoms with Gasteiger partial charge in [-0.25, -0.2) is 4.98 Å². The van der Waals surface area contributed by atoms with Gasteiger partial charge < -0.3 is 15.1 Å². The van der Waals surface area contributed by atoms with Crippen molar-refractivity contribution in [2.24, 2.45) is 0 Å². The summed E-state index contributed by atoms with van der Waals surface area (Å²) in [5.74, 6) is 0.779. The molecule has 0 unspecified atom stereocenters. The molecule has 0 spiro atoms. The first-order valence-electron chi connectivity index (χ1n) is 10.4. The first-order chi connectivity index (χ1) is 15.5. The number of carbonyl (C=O) groups excluding carboxylic acids is 1. The molecule has 0 saturated heterocycles. The molecular formula is C24H25N7O. The van der Waals surface area contributed by atoms with E-state index in [-0.39, 0.29) is 17.8 Å². The molecule has 2 aromatic heterocycles. The van der Waals surface area contributed by atoms with Gasteiger partial charge in [-0.15, -0.1) is 0 Å². The van der Waals surface area contributed by atoms with E-state index in [1.165, 1.54) is 6.34 Å². The van der Waals surface area contributed by atoms with Gasteiger partial charge in [0.1, 0.15) is 17.3 Å². The Hall–Kier alpha value is -4.07. The van der Waals surface area contributed by atoms with Crippen molar-refractivity contribution in [1.82, 2.24) is 14.9 Å². The monoisotopic (exact) mass is 427 g/mol. The number of carbonyl (C=O) groups is 1. The van der Waals surface area contributed by atoms with Gasteiger partial charge in [0.2, 0.25) is 0 Å². The van der Waals surface area contributed by atoms with Crippen LogP contribution in [0.25, 0.3) is 11.1 Å². The summed E-state index contributed by atoms with van der Waals surface area (Å²) in [4.78, 5) is 25.1. The summed E-state index contributed by atoms with van der Waals surface area (Å²) in [6.07, 6.45) is 6.55. The van der Waals surface area contributed by atoms with Crippen LogP contribution in [-0.4, -0.2) is 53.1 Å². The zero-order valence-corrected chi connectivity index (χ0v) is 18.0. The van der Waals surface area contributed by atoms with Crippen LogP contribution in [0.3, 0.4) is 0 Å². The van der Waals surface area contributed by atoms with Crippen molar-refractivity contribution >= 4 is 29.6 Å². The van der Waals surface area contributed by atoms with Crippen LogP contribution in [0.5, 0.6) is 0 Å². The molecule has 3 N–H and O–H groups in total. The molecular weight excluding hydrogens is 402 g/mol. The zero-order valence-electron chi connectivity index (χ0n) is 18.0. The number of pyridine rings is 2. The zero-order chi connectivity index (χ0) is 22.7. The van der Waals surface area contributed by atoms with Crippen LogP contribution in [-0.2, 0) is 0 Å². The molecule has 1 saturated carbocycles. The third kappa shape index (κ3) is 4.64. The van der Waals surface area contributed by atoms with E-state index in [0.29, 0.717) is 16.9 Å². The number of benzene rings is 1. The molecule has 2 heterocycles. The summed E-state index contributed by atoms with van der Waals surface area (Å²) >= 11 is 0. The van der Waals surface area contributed by atoms with Crippen LogP contribution in [0.15, 0.2) is 60.9 Å². The number of nitrogens with zero attached hydrogens (tertiary/aromatic N) is 4. The maximum absolute atomic E-state index is 12.8. The average Bonchev–Trinajstić information content (AvgIpc) is 3.65. The Morgan fingerprint density at radius 3 is 2.56 bits per heavy atom. The van der Waals surface area contributed by atoms with Crippen LogP contribution >= 0.6 is 0 Å². The van der Waals surface area contributed by atoms with Crippen LogP contribution in [0.2, 0.25) is 0 Å². The van der Waals surface area contributed by atoms with Crippen molar-refractivity contribution < 1.29 is 4.79 Å². The van der Waals surface area contributed by atoms with Crippen LogP contribution < -0.4 is 10.2 Å². The van der Waals surface area contributed by atoms with E-state index >= 15 is 0 Å². The number of amidine groups is 1. The number of nitrogens with one attached hydrogen (secondary N) is 3. The minimum atomic E-state index is -0.334. The van der Waals surface area contributed by atoms with Crippen molar-refractivity contribution in [1.29, 1.82) is 10.8 Å². The Labute approximate surface area is 187 Å². The minimum absolute atomic E-state index is 0.228. The molecule has 8 heteroatoms. The third-order valence-corrected chi connectivity index (χ3v) is 5.26. The predicted molar refractivity (Wildman–Crippen MR) is 127 cm³/mol. The van der Waals surface area contributed by atoms with E-state index in [1.807, 2.05) is 37.2 Å². The van der Waals surface area contributed by atoms with Crippen LogP contribution in [0.1, 0.15) is 28.9 Å². The lowest BCUT2D eigenvalue weighted by molar-refractivity contribution is 0.102. The second-order valence-electron chi connectivity index (χ2n) is 7.88. The van der Waals surface area contributed by atoms with Gasteiger partial charge in [-0.3, -0.25) is 20.6 Å². The summed E-state index contributed by atoms with van der Waals surface area (Å²) in [7, 11) is 3.87. The topological polar surface area (TPSA) is 109 Å². The molecule has 8 nitrogen and oxygen atoms in total. The molecule has 1 aliphatic rings. The van der Waals surface area contributed by atoms with E-state index in [2.05, 4.69) is 15.3 Å². The molecule has 0 radical (unpaired) electrons. The summed E-state index contributed by atoms with van der Waals surface area (Å²) in [5.41, 5.74) is 3.26. The predicted octanol–water partition coefficient (Wildman–Crippen LogP) is 3.86. The molecule has 0 atom stereocenters. The van der Waals surface area contributed by atoms with Crippen molar-refractivity contribution in [2.75, 3.05) is 24.3 Å². The smallest absolute Gasteiger partial charge is 0.274 e. The molecule has 1 amide bonds. The lowest BCUT2D eigenvalue weighted by Gasteiger charge is -2.19. The standard InChI is InChI=1S/C24H25N7O/c1-30(2)22-9-6-18(14-28-22)16-10-11-27-21(13-16)24(32)29-19-5-3-4-17(12-19)23(26)31(15-25)20-7-8-20/h3-6,9-15,20,25-26H,7-8H2,1-2H3,(H,29,32). The molecule has 0 aliphatic heterocycles. The number of aromatic nitrogens is 2. The SMILES string of the molecule is CN(C)c1ccc(-c2ccnc(C(=O)Nc3cccc(C(=N)N(C=N)C4CC4)c3)c2)cn1. The highest BCUT2D eigenvalue weighted by molar-refractivity contribution is 6.06. The van der Waals surface area contributed by atoms with Gasteiger partial charge >= 0.3 is 0 Å². The first-order valence-corrected chi connectivity index (χ1v) is 10.4. The number of anilines is 2. The molecule has 162 valence electrons. The number of rotatable bonds is 7. The Bertz CT molecular complexity index is 1150. The lowest BCUT2D eigenvalue weighted by atomic mass is 10.1. The molecule has 1 aliphatic carbocycles. The highest BCUT2D eigenvalue weighted by Crippen LogP contribution is 2.27. The highest BCUT2D eigenvalue weighted by atomic mass is 16.1. The van der Waals surface area contributed by atoms with Crippen molar-refractivity contribution in [3.8, 4) is 11.1 Å². The van der Waals surface area contributed by atoms with Crippen molar-refractivity contribution in [3.05, 3.63) is 72.2 Å². The van der Waals surface area contributed by atoms with E-state index in [4.69, 9.17) is 10.8 Å². The largest absolute Gasteiger partial charge is 0.363 e. The Morgan fingerprint density at radius 2 is 1.91 bits per heavy atom. The molecule has 0 bridgehead atoms. The quantitative estimate of drug-likeness (QED) is 0.392. The van der Waals surface area contributed by atoms with Crippen LogP contribution in [0, 0.1) is 10.8 Å². The number of hydrogen-bond donors (Lipinski definition) is 3. The average molecular weight is 428 g/mol. The lowest BCUT2D eigenvalue weighted by Crippen LogP contribution is -2.31. The summed E-state index contributed by atoms with van der Waals surface area (Å²) in [6.45, 7) is 0. The van der Waals surface area contributed by atoms with Gasteiger partial charge in [0.25, 0.3) is 5.91 Å². The molecule has 1 aromatic carbocycles.